The van der Waals surface area contributed by atoms with Crippen molar-refractivity contribution < 1.29 is 13.2 Å². The first-order chi connectivity index (χ1) is 8.97. The molecular formula is C11H10ClF3N4. The lowest BCUT2D eigenvalue weighted by atomic mass is 10.2. The third-order valence-corrected chi connectivity index (χ3v) is 3.41. The molecule has 2 aromatic heterocycles. The summed E-state index contributed by atoms with van der Waals surface area (Å²) in [5.41, 5.74) is 0.528. The fourth-order valence-electron chi connectivity index (χ4n) is 2.46. The Morgan fingerprint density at radius 2 is 2.16 bits per heavy atom. The lowest BCUT2D eigenvalue weighted by Crippen LogP contribution is -2.41. The number of nitrogens with zero attached hydrogens (tertiary/aromatic N) is 4. The van der Waals surface area contributed by atoms with E-state index in [-0.39, 0.29) is 17.5 Å². The fraction of sp³-hybridized carbons (Fsp3) is 0.455. The Morgan fingerprint density at radius 1 is 1.37 bits per heavy atom. The molecule has 3 heterocycles. The van der Waals surface area contributed by atoms with E-state index in [1.165, 1.54) is 9.42 Å². The molecule has 0 N–H and O–H groups in total. The summed E-state index contributed by atoms with van der Waals surface area (Å²) in [4.78, 5) is 5.25. The van der Waals surface area contributed by atoms with E-state index in [1.807, 2.05) is 0 Å². The van der Waals surface area contributed by atoms with Crippen LogP contribution in [0.3, 0.4) is 0 Å². The number of hydrogen-bond donors (Lipinski definition) is 0. The maximum atomic E-state index is 13.0. The van der Waals surface area contributed by atoms with Crippen molar-refractivity contribution in [3.05, 3.63) is 23.6 Å². The summed E-state index contributed by atoms with van der Waals surface area (Å²) < 4.78 is 40.4. The van der Waals surface area contributed by atoms with Gasteiger partial charge in [-0.1, -0.05) is 0 Å². The maximum Gasteiger partial charge on any atom is 0.408 e. The van der Waals surface area contributed by atoms with Crippen molar-refractivity contribution in [2.75, 3.05) is 11.4 Å². The Labute approximate surface area is 111 Å². The summed E-state index contributed by atoms with van der Waals surface area (Å²) in [5, 5.41) is 3.85. The molecule has 2 aromatic rings. The molecule has 8 heteroatoms. The first kappa shape index (κ1) is 12.5. The minimum Gasteiger partial charge on any atom is -0.343 e. The number of rotatable bonds is 1. The first-order valence-electron chi connectivity index (χ1n) is 5.81. The second-order valence-corrected chi connectivity index (χ2v) is 4.77. The second-order valence-electron chi connectivity index (χ2n) is 4.44. The molecule has 0 spiro atoms. The van der Waals surface area contributed by atoms with E-state index in [0.717, 1.165) is 0 Å². The molecule has 0 amide bonds. The van der Waals surface area contributed by atoms with Gasteiger partial charge in [-0.2, -0.15) is 18.2 Å². The summed E-state index contributed by atoms with van der Waals surface area (Å²) in [6.45, 7) is 0.318. The molecule has 0 unspecified atom stereocenters. The molecule has 0 aromatic carbocycles. The van der Waals surface area contributed by atoms with Crippen molar-refractivity contribution in [2.24, 2.45) is 0 Å². The molecule has 1 saturated heterocycles. The van der Waals surface area contributed by atoms with Crippen molar-refractivity contribution in [3.63, 3.8) is 0 Å². The molecule has 0 saturated carbocycles. The Morgan fingerprint density at radius 3 is 2.89 bits per heavy atom. The SMILES string of the molecule is FC(F)(F)[C@@H]1CCCN1c1nc(Cl)nn2cccc12. The van der Waals surface area contributed by atoms with Crippen LogP contribution in [0.4, 0.5) is 19.0 Å². The minimum atomic E-state index is -4.27. The van der Waals surface area contributed by atoms with Crippen LogP contribution in [0.15, 0.2) is 18.3 Å². The van der Waals surface area contributed by atoms with Gasteiger partial charge in [-0.3, -0.25) is 0 Å². The molecule has 102 valence electrons. The highest BCUT2D eigenvalue weighted by molar-refractivity contribution is 6.28. The van der Waals surface area contributed by atoms with Crippen molar-refractivity contribution >= 4 is 22.9 Å². The smallest absolute Gasteiger partial charge is 0.343 e. The number of halogens is 4. The van der Waals surface area contributed by atoms with Crippen molar-refractivity contribution in [2.45, 2.75) is 25.1 Å². The predicted molar refractivity (Wildman–Crippen MR) is 64.4 cm³/mol. The third-order valence-electron chi connectivity index (χ3n) is 3.25. The summed E-state index contributed by atoms with van der Waals surface area (Å²) in [6.07, 6.45) is -2.07. The van der Waals surface area contributed by atoms with Crippen LogP contribution in [0.25, 0.3) is 5.52 Å². The summed E-state index contributed by atoms with van der Waals surface area (Å²) in [7, 11) is 0. The van der Waals surface area contributed by atoms with Gasteiger partial charge in [0.1, 0.15) is 11.6 Å². The highest BCUT2D eigenvalue weighted by atomic mass is 35.5. The van der Waals surface area contributed by atoms with Gasteiger partial charge in [-0.25, -0.2) is 4.52 Å². The van der Waals surface area contributed by atoms with Crippen LogP contribution in [0, 0.1) is 0 Å². The van der Waals surface area contributed by atoms with E-state index < -0.39 is 12.2 Å². The predicted octanol–water partition coefficient (Wildman–Crippen LogP) is 2.91. The quantitative estimate of drug-likeness (QED) is 0.810. The van der Waals surface area contributed by atoms with Crippen LogP contribution in [-0.2, 0) is 0 Å². The van der Waals surface area contributed by atoms with Crippen molar-refractivity contribution in [1.29, 1.82) is 0 Å². The number of anilines is 1. The van der Waals surface area contributed by atoms with E-state index in [1.54, 1.807) is 18.3 Å². The number of aromatic nitrogens is 3. The first-order valence-corrected chi connectivity index (χ1v) is 6.19. The van der Waals surface area contributed by atoms with Gasteiger partial charge in [0.25, 0.3) is 0 Å². The monoisotopic (exact) mass is 290 g/mol. The normalized spacial score (nSPS) is 20.4. The Hall–Kier alpha value is -1.50. The van der Waals surface area contributed by atoms with Gasteiger partial charge in [0.15, 0.2) is 5.82 Å². The summed E-state index contributed by atoms with van der Waals surface area (Å²) in [6, 6.07) is 1.87. The zero-order chi connectivity index (χ0) is 13.6. The van der Waals surface area contributed by atoms with Crippen LogP contribution in [0.1, 0.15) is 12.8 Å². The summed E-state index contributed by atoms with van der Waals surface area (Å²) >= 11 is 5.77. The van der Waals surface area contributed by atoms with Gasteiger partial charge in [-0.15, -0.1) is 5.10 Å². The molecule has 1 atom stereocenters. The molecule has 0 radical (unpaired) electrons. The summed E-state index contributed by atoms with van der Waals surface area (Å²) in [5.74, 6) is 0.241. The molecule has 1 fully saturated rings. The van der Waals surface area contributed by atoms with Gasteiger partial charge >= 0.3 is 6.18 Å². The molecule has 4 nitrogen and oxygen atoms in total. The molecule has 0 aliphatic carbocycles. The van der Waals surface area contributed by atoms with E-state index >= 15 is 0 Å². The highest BCUT2D eigenvalue weighted by Gasteiger charge is 2.46. The average molecular weight is 291 g/mol. The molecule has 1 aliphatic rings. The van der Waals surface area contributed by atoms with Gasteiger partial charge in [0, 0.05) is 12.7 Å². The minimum absolute atomic E-state index is 0.0634. The zero-order valence-electron chi connectivity index (χ0n) is 9.73. The van der Waals surface area contributed by atoms with Crippen LogP contribution < -0.4 is 4.90 Å². The van der Waals surface area contributed by atoms with Gasteiger partial charge in [0.05, 0.1) is 0 Å². The Balaban J connectivity index is 2.10. The second kappa shape index (κ2) is 4.26. The van der Waals surface area contributed by atoms with Gasteiger partial charge < -0.3 is 4.90 Å². The molecule has 0 bridgehead atoms. The third kappa shape index (κ3) is 2.11. The number of hydrogen-bond acceptors (Lipinski definition) is 3. The molecule has 1 aliphatic heterocycles. The lowest BCUT2D eigenvalue weighted by Gasteiger charge is -2.27. The van der Waals surface area contributed by atoms with Gasteiger partial charge in [-0.05, 0) is 36.6 Å². The molecular weight excluding hydrogens is 281 g/mol. The Bertz CT molecular complexity index is 609. The average Bonchev–Trinajstić information content (AvgIpc) is 2.94. The topological polar surface area (TPSA) is 33.4 Å². The lowest BCUT2D eigenvalue weighted by molar-refractivity contribution is -0.146. The van der Waals surface area contributed by atoms with Crippen LogP contribution in [0.5, 0.6) is 0 Å². The van der Waals surface area contributed by atoms with E-state index in [9.17, 15) is 13.2 Å². The van der Waals surface area contributed by atoms with Crippen molar-refractivity contribution in [1.82, 2.24) is 14.6 Å². The Kier molecular flexibility index (Phi) is 2.81. The number of fused-ring (bicyclic) bond motifs is 1. The standard InChI is InChI=1S/C11H10ClF3N4/c12-10-16-9(7-3-1-6-19(7)17-10)18-5-2-4-8(18)11(13,14)15/h1,3,6,8H,2,4-5H2/t8-/m0/s1. The maximum absolute atomic E-state index is 13.0. The van der Waals surface area contributed by atoms with E-state index in [0.29, 0.717) is 18.5 Å². The molecule has 19 heavy (non-hydrogen) atoms. The number of alkyl halides is 3. The van der Waals surface area contributed by atoms with E-state index in [2.05, 4.69) is 10.1 Å². The fourth-order valence-corrected chi connectivity index (χ4v) is 2.63. The van der Waals surface area contributed by atoms with Crippen LogP contribution >= 0.6 is 11.6 Å². The van der Waals surface area contributed by atoms with Crippen molar-refractivity contribution in [3.8, 4) is 0 Å². The van der Waals surface area contributed by atoms with Crippen LogP contribution in [-0.4, -0.2) is 33.4 Å². The molecule has 3 rings (SSSR count). The van der Waals surface area contributed by atoms with Crippen LogP contribution in [0.2, 0.25) is 5.28 Å². The van der Waals surface area contributed by atoms with E-state index in [4.69, 9.17) is 11.6 Å². The largest absolute Gasteiger partial charge is 0.408 e. The highest BCUT2D eigenvalue weighted by Crippen LogP contribution is 2.36. The van der Waals surface area contributed by atoms with Gasteiger partial charge in [0.2, 0.25) is 5.28 Å². The zero-order valence-corrected chi connectivity index (χ0v) is 10.5.